The zero-order valence-corrected chi connectivity index (χ0v) is 22.4. The van der Waals surface area contributed by atoms with Crippen LogP contribution in [0, 0.1) is 33.7 Å². The molecule has 1 heterocycles. The summed E-state index contributed by atoms with van der Waals surface area (Å²) in [4.78, 5) is 43.7. The van der Waals surface area contributed by atoms with E-state index in [1.807, 2.05) is 0 Å². The molecule has 206 valence electrons. The fourth-order valence-electron chi connectivity index (χ4n) is 6.16. The quantitative estimate of drug-likeness (QED) is 0.265. The molecule has 2 aromatic rings. The minimum atomic E-state index is -3.09. The second-order valence-corrected chi connectivity index (χ2v) is 12.5. The Kier molecular flexibility index (Phi) is 7.23. The van der Waals surface area contributed by atoms with E-state index in [0.29, 0.717) is 5.56 Å². The molecule has 2 bridgehead atoms. The molecule has 0 N–H and O–H groups in total. The van der Waals surface area contributed by atoms with E-state index >= 15 is 0 Å². The molecule has 0 saturated heterocycles. The summed E-state index contributed by atoms with van der Waals surface area (Å²) >= 11 is 0. The number of hydrogen-bond donors (Lipinski definition) is 0. The van der Waals surface area contributed by atoms with E-state index in [-0.39, 0.29) is 65.4 Å². The summed E-state index contributed by atoms with van der Waals surface area (Å²) in [5, 5.41) is 11.2. The van der Waals surface area contributed by atoms with Crippen molar-refractivity contribution in [2.24, 2.45) is 27.1 Å². The van der Waals surface area contributed by atoms with Crippen LogP contribution in [0.25, 0.3) is 0 Å². The van der Waals surface area contributed by atoms with Gasteiger partial charge in [-0.25, -0.2) is 13.6 Å². The second-order valence-electron chi connectivity index (χ2n) is 10.3. The van der Waals surface area contributed by atoms with E-state index in [2.05, 4.69) is 9.36 Å². The van der Waals surface area contributed by atoms with Crippen LogP contribution in [-0.4, -0.2) is 50.6 Å². The SMILES string of the molecule is CCOC(=O)[C@@H]1[C@H]2CC[C@H](C2)[C@@H]1N(Cc1ccc(F)cc1)C(=O)CC1=Nc2ccc([N+](=O)[O-])cc2S(C)(=O)=N1. The first-order chi connectivity index (χ1) is 18.6. The fourth-order valence-corrected chi connectivity index (χ4v) is 7.60. The molecule has 12 heteroatoms. The van der Waals surface area contributed by atoms with Crippen molar-refractivity contribution in [1.29, 1.82) is 0 Å². The van der Waals surface area contributed by atoms with E-state index in [9.17, 15) is 28.3 Å². The predicted octanol–water partition coefficient (Wildman–Crippen LogP) is 4.63. The number of nitro benzene ring substituents is 1. The fraction of sp³-hybridized carbons (Fsp3) is 0.444. The molecule has 2 aliphatic carbocycles. The van der Waals surface area contributed by atoms with Crippen LogP contribution in [0.2, 0.25) is 0 Å². The Morgan fingerprint density at radius 2 is 1.90 bits per heavy atom. The second kappa shape index (κ2) is 10.5. The Morgan fingerprint density at radius 1 is 1.18 bits per heavy atom. The first kappa shape index (κ1) is 26.9. The van der Waals surface area contributed by atoms with Gasteiger partial charge in [0.05, 0.1) is 44.2 Å². The van der Waals surface area contributed by atoms with Gasteiger partial charge in [0.2, 0.25) is 5.91 Å². The Balaban J connectivity index is 1.48. The summed E-state index contributed by atoms with van der Waals surface area (Å²) in [5.74, 6) is -1.24. The van der Waals surface area contributed by atoms with Crippen LogP contribution in [0.1, 0.15) is 38.2 Å². The smallest absolute Gasteiger partial charge is 0.311 e. The molecule has 1 amide bonds. The van der Waals surface area contributed by atoms with Crippen molar-refractivity contribution in [2.45, 2.75) is 50.1 Å². The molecule has 2 aromatic carbocycles. The normalized spacial score (nSPS) is 26.8. The van der Waals surface area contributed by atoms with Gasteiger partial charge in [-0.15, -0.1) is 0 Å². The number of amides is 1. The third-order valence-corrected chi connectivity index (χ3v) is 9.48. The molecule has 5 rings (SSSR count). The Hall–Kier alpha value is -3.67. The topological polar surface area (TPSA) is 132 Å². The molecule has 39 heavy (non-hydrogen) atoms. The maximum Gasteiger partial charge on any atom is 0.311 e. The van der Waals surface area contributed by atoms with Gasteiger partial charge in [0, 0.05) is 31.0 Å². The van der Waals surface area contributed by atoms with Crippen LogP contribution < -0.4 is 0 Å². The number of carbonyl (C=O) groups excluding carboxylic acids is 2. The lowest BCUT2D eigenvalue weighted by atomic mass is 9.83. The maximum absolute atomic E-state index is 13.9. The lowest BCUT2D eigenvalue weighted by Gasteiger charge is -2.39. The first-order valence-electron chi connectivity index (χ1n) is 12.9. The van der Waals surface area contributed by atoms with Gasteiger partial charge in [0.15, 0.2) is 0 Å². The lowest BCUT2D eigenvalue weighted by molar-refractivity contribution is -0.385. The van der Waals surface area contributed by atoms with Gasteiger partial charge < -0.3 is 9.64 Å². The number of nitro groups is 1. The van der Waals surface area contributed by atoms with E-state index < -0.39 is 32.4 Å². The monoisotopic (exact) mass is 556 g/mol. The zero-order valence-electron chi connectivity index (χ0n) is 21.6. The van der Waals surface area contributed by atoms with Crippen molar-refractivity contribution >= 4 is 38.8 Å². The van der Waals surface area contributed by atoms with E-state index in [1.54, 1.807) is 24.0 Å². The Labute approximate surface area is 225 Å². The molecule has 1 aliphatic heterocycles. The van der Waals surface area contributed by atoms with Crippen LogP contribution >= 0.6 is 0 Å². The van der Waals surface area contributed by atoms with Crippen LogP contribution in [0.5, 0.6) is 0 Å². The number of amidine groups is 1. The predicted molar refractivity (Wildman–Crippen MR) is 141 cm³/mol. The Bertz CT molecular complexity index is 1480. The summed E-state index contributed by atoms with van der Waals surface area (Å²) in [5.41, 5.74) is 0.745. The van der Waals surface area contributed by atoms with Crippen molar-refractivity contribution in [3.8, 4) is 0 Å². The molecule has 3 aliphatic rings. The number of nitrogens with zero attached hydrogens (tertiary/aromatic N) is 4. The highest BCUT2D eigenvalue weighted by Crippen LogP contribution is 2.51. The molecule has 5 atom stereocenters. The number of benzene rings is 2. The molecule has 0 aromatic heterocycles. The van der Waals surface area contributed by atoms with Crippen LogP contribution in [0.3, 0.4) is 0 Å². The lowest BCUT2D eigenvalue weighted by Crippen LogP contribution is -2.50. The third-order valence-electron chi connectivity index (χ3n) is 7.78. The van der Waals surface area contributed by atoms with Gasteiger partial charge in [-0.1, -0.05) is 12.1 Å². The van der Waals surface area contributed by atoms with E-state index in [1.165, 1.54) is 36.6 Å². The summed E-state index contributed by atoms with van der Waals surface area (Å²) in [7, 11) is -3.09. The van der Waals surface area contributed by atoms with Gasteiger partial charge in [-0.05, 0) is 61.8 Å². The van der Waals surface area contributed by atoms with Crippen molar-refractivity contribution in [1.82, 2.24) is 4.90 Å². The largest absolute Gasteiger partial charge is 0.466 e. The number of esters is 1. The van der Waals surface area contributed by atoms with Gasteiger partial charge >= 0.3 is 5.97 Å². The Morgan fingerprint density at radius 3 is 2.59 bits per heavy atom. The van der Waals surface area contributed by atoms with Gasteiger partial charge in [0.1, 0.15) is 11.7 Å². The number of carbonyl (C=O) groups is 2. The zero-order chi connectivity index (χ0) is 27.9. The number of fused-ring (bicyclic) bond motifs is 3. The number of halogens is 1. The number of aliphatic imine (C=N–C) groups is 1. The van der Waals surface area contributed by atoms with Crippen LogP contribution in [0.15, 0.2) is 56.7 Å². The molecule has 2 fully saturated rings. The van der Waals surface area contributed by atoms with Crippen molar-refractivity contribution in [3.63, 3.8) is 0 Å². The van der Waals surface area contributed by atoms with Crippen molar-refractivity contribution < 1.29 is 27.8 Å². The summed E-state index contributed by atoms with van der Waals surface area (Å²) < 4.78 is 36.6. The maximum atomic E-state index is 13.9. The molecule has 0 radical (unpaired) electrons. The number of rotatable bonds is 8. The molecular formula is C27H29FN4O6S. The highest BCUT2D eigenvalue weighted by molar-refractivity contribution is 7.93. The average molecular weight is 557 g/mol. The minimum absolute atomic E-state index is 0.0498. The number of hydrogen-bond acceptors (Lipinski definition) is 8. The van der Waals surface area contributed by atoms with Gasteiger partial charge in [-0.2, -0.15) is 4.36 Å². The molecule has 1 unspecified atom stereocenters. The van der Waals surface area contributed by atoms with Crippen molar-refractivity contribution in [2.75, 3.05) is 12.9 Å². The molecular weight excluding hydrogens is 527 g/mol. The summed E-state index contributed by atoms with van der Waals surface area (Å²) in [6, 6.07) is 9.32. The summed E-state index contributed by atoms with van der Waals surface area (Å²) in [6.45, 7) is 2.14. The van der Waals surface area contributed by atoms with Crippen molar-refractivity contribution in [3.05, 3.63) is 64.0 Å². The van der Waals surface area contributed by atoms with E-state index in [0.717, 1.165) is 19.3 Å². The number of ether oxygens (including phenoxy) is 1. The van der Waals surface area contributed by atoms with Crippen LogP contribution in [0.4, 0.5) is 15.8 Å². The first-order valence-corrected chi connectivity index (χ1v) is 14.8. The average Bonchev–Trinajstić information content (AvgIpc) is 3.50. The molecule has 0 spiro atoms. The summed E-state index contributed by atoms with van der Waals surface area (Å²) in [6.07, 6.45) is 3.69. The number of non-ortho nitro benzene ring substituents is 1. The standard InChI is InChI=1S/C27H29FN4O6S/c1-3-38-27(34)25-17-6-7-18(12-17)26(25)31(15-16-4-8-19(28)9-5-16)24(33)14-23-29-21-11-10-20(32(35)36)13-22(21)39(2,37)30-23/h4-5,8-11,13,17-18,25-26H,3,6-7,12,14-15H2,1-2H3/t17-,18+,25+,26-,39?/m0/s1. The highest BCUT2D eigenvalue weighted by Gasteiger charge is 2.54. The molecule has 10 nitrogen and oxygen atoms in total. The van der Waals surface area contributed by atoms with Gasteiger partial charge in [0.25, 0.3) is 5.69 Å². The minimum Gasteiger partial charge on any atom is -0.466 e. The molecule has 2 saturated carbocycles. The third kappa shape index (κ3) is 5.29. The van der Waals surface area contributed by atoms with Crippen LogP contribution in [-0.2, 0) is 30.6 Å². The van der Waals surface area contributed by atoms with Gasteiger partial charge in [-0.3, -0.25) is 19.7 Å². The highest BCUT2D eigenvalue weighted by atomic mass is 32.2. The van der Waals surface area contributed by atoms with E-state index in [4.69, 9.17) is 4.74 Å².